The number of aliphatic imine (C=N–C) groups is 1. The second-order valence-corrected chi connectivity index (χ2v) is 9.87. The third-order valence-corrected chi connectivity index (χ3v) is 6.04. The van der Waals surface area contributed by atoms with Crippen LogP contribution in [0.4, 0.5) is 11.5 Å². The van der Waals surface area contributed by atoms with E-state index in [1.54, 1.807) is 0 Å². The second-order valence-electron chi connectivity index (χ2n) is 9.87. The molecule has 0 N–H and O–H groups in total. The van der Waals surface area contributed by atoms with Gasteiger partial charge in [-0.3, -0.25) is 0 Å². The van der Waals surface area contributed by atoms with Crippen LogP contribution in [0.25, 0.3) is 5.57 Å². The second kappa shape index (κ2) is 8.27. The molecule has 4 nitrogen and oxygen atoms in total. The number of hydrogen-bond acceptors (Lipinski definition) is 3. The summed E-state index contributed by atoms with van der Waals surface area (Å²) in [5.41, 5.74) is 5.89. The minimum absolute atomic E-state index is 0.124. The van der Waals surface area contributed by atoms with Gasteiger partial charge in [-0.2, -0.15) is 0 Å². The SMILES string of the molecule is CC1(C)C(C=CC=C2C=CN(CCC[N+](C)(C)C)c3ccccc32)=Nc2ncccc21. The molecule has 160 valence electrons. The molecule has 0 spiro atoms. The molecule has 1 aromatic heterocycles. The average Bonchev–Trinajstić information content (AvgIpc) is 2.99. The highest BCUT2D eigenvalue weighted by molar-refractivity contribution is 6.08. The molecule has 0 bridgehead atoms. The van der Waals surface area contributed by atoms with Crippen LogP contribution in [0.5, 0.6) is 0 Å². The number of benzene rings is 1. The molecule has 0 saturated carbocycles. The van der Waals surface area contributed by atoms with E-state index in [9.17, 15) is 0 Å². The van der Waals surface area contributed by atoms with Crippen LogP contribution in [-0.4, -0.2) is 49.4 Å². The summed E-state index contributed by atoms with van der Waals surface area (Å²) in [5, 5.41) is 0. The van der Waals surface area contributed by atoms with Gasteiger partial charge in [-0.05, 0) is 29.9 Å². The minimum Gasteiger partial charge on any atom is -0.347 e. The van der Waals surface area contributed by atoms with Gasteiger partial charge in [0.2, 0.25) is 0 Å². The van der Waals surface area contributed by atoms with Gasteiger partial charge in [0.15, 0.2) is 5.82 Å². The van der Waals surface area contributed by atoms with Crippen LogP contribution in [0.3, 0.4) is 0 Å². The first kappa shape index (κ1) is 21.3. The van der Waals surface area contributed by atoms with Crippen LogP contribution in [0, 0.1) is 0 Å². The van der Waals surface area contributed by atoms with Crippen LogP contribution in [-0.2, 0) is 5.41 Å². The Morgan fingerprint density at radius 3 is 2.65 bits per heavy atom. The fourth-order valence-electron chi connectivity index (χ4n) is 4.22. The minimum atomic E-state index is -0.124. The summed E-state index contributed by atoms with van der Waals surface area (Å²) < 4.78 is 0.995. The molecule has 0 saturated heterocycles. The third-order valence-electron chi connectivity index (χ3n) is 6.04. The third kappa shape index (κ3) is 4.54. The predicted octanol–water partition coefficient (Wildman–Crippen LogP) is 5.52. The lowest BCUT2D eigenvalue weighted by Crippen LogP contribution is -2.37. The smallest absolute Gasteiger partial charge is 0.156 e. The Labute approximate surface area is 186 Å². The van der Waals surface area contributed by atoms with Gasteiger partial charge in [-0.1, -0.05) is 50.3 Å². The number of quaternary nitrogens is 1. The van der Waals surface area contributed by atoms with E-state index in [0.29, 0.717) is 0 Å². The van der Waals surface area contributed by atoms with Crippen molar-refractivity contribution in [2.45, 2.75) is 25.7 Å². The molecule has 0 unspecified atom stereocenters. The van der Waals surface area contributed by atoms with Crippen molar-refractivity contribution in [2.75, 3.05) is 39.1 Å². The molecular formula is C27H33N4+. The van der Waals surface area contributed by atoms with E-state index in [1.807, 2.05) is 12.3 Å². The first-order valence-corrected chi connectivity index (χ1v) is 11.0. The molecule has 0 amide bonds. The molecule has 0 atom stereocenters. The highest BCUT2D eigenvalue weighted by Gasteiger charge is 2.33. The summed E-state index contributed by atoms with van der Waals surface area (Å²) >= 11 is 0. The van der Waals surface area contributed by atoms with Gasteiger partial charge in [-0.25, -0.2) is 9.98 Å². The van der Waals surface area contributed by atoms with E-state index in [1.165, 1.54) is 22.4 Å². The number of fused-ring (bicyclic) bond motifs is 2. The Morgan fingerprint density at radius 1 is 1.06 bits per heavy atom. The summed E-state index contributed by atoms with van der Waals surface area (Å²) in [5.74, 6) is 0.840. The van der Waals surface area contributed by atoms with Gasteiger partial charge < -0.3 is 9.38 Å². The number of rotatable bonds is 6. The number of hydrogen-bond donors (Lipinski definition) is 0. The van der Waals surface area contributed by atoms with E-state index in [4.69, 9.17) is 4.99 Å². The number of para-hydroxylation sites is 1. The maximum atomic E-state index is 4.76. The lowest BCUT2D eigenvalue weighted by Gasteiger charge is -2.29. The molecule has 0 aliphatic carbocycles. The van der Waals surface area contributed by atoms with E-state index >= 15 is 0 Å². The number of pyridine rings is 1. The zero-order chi connectivity index (χ0) is 22.1. The van der Waals surface area contributed by atoms with Crippen LogP contribution in [0.2, 0.25) is 0 Å². The maximum Gasteiger partial charge on any atom is 0.156 e. The Bertz CT molecular complexity index is 1080. The van der Waals surface area contributed by atoms with Crippen LogP contribution in [0.1, 0.15) is 31.4 Å². The monoisotopic (exact) mass is 413 g/mol. The highest BCUT2D eigenvalue weighted by atomic mass is 15.3. The van der Waals surface area contributed by atoms with Gasteiger partial charge in [-0.15, -0.1) is 0 Å². The molecule has 1 aromatic carbocycles. The first-order valence-electron chi connectivity index (χ1n) is 11.0. The zero-order valence-electron chi connectivity index (χ0n) is 19.3. The summed E-state index contributed by atoms with van der Waals surface area (Å²) in [4.78, 5) is 11.6. The quantitative estimate of drug-likeness (QED) is 0.584. The predicted molar refractivity (Wildman–Crippen MR) is 132 cm³/mol. The molecule has 0 radical (unpaired) electrons. The van der Waals surface area contributed by atoms with Crippen molar-refractivity contribution >= 4 is 22.8 Å². The summed E-state index contributed by atoms with van der Waals surface area (Å²) in [6.07, 6.45) is 13.8. The van der Waals surface area contributed by atoms with Gasteiger partial charge in [0.25, 0.3) is 0 Å². The molecule has 0 fully saturated rings. The van der Waals surface area contributed by atoms with E-state index in [0.717, 1.165) is 35.5 Å². The van der Waals surface area contributed by atoms with Crippen molar-refractivity contribution in [3.8, 4) is 0 Å². The Hall–Kier alpha value is -2.98. The molecule has 3 heterocycles. The fraction of sp³-hybridized carbons (Fsp3) is 0.333. The first-order chi connectivity index (χ1) is 14.8. The van der Waals surface area contributed by atoms with E-state index in [-0.39, 0.29) is 5.41 Å². The molecular weight excluding hydrogens is 380 g/mol. The fourth-order valence-corrected chi connectivity index (χ4v) is 4.22. The highest BCUT2D eigenvalue weighted by Crippen LogP contribution is 2.38. The molecule has 2 aromatic rings. The van der Waals surface area contributed by atoms with Crippen molar-refractivity contribution in [2.24, 2.45) is 4.99 Å². The van der Waals surface area contributed by atoms with Gasteiger partial charge in [0.1, 0.15) is 0 Å². The molecule has 4 heteroatoms. The lowest BCUT2D eigenvalue weighted by molar-refractivity contribution is -0.870. The number of nitrogens with zero attached hydrogens (tertiary/aromatic N) is 4. The van der Waals surface area contributed by atoms with Gasteiger partial charge in [0, 0.05) is 47.6 Å². The molecule has 2 aliphatic heterocycles. The summed E-state index contributed by atoms with van der Waals surface area (Å²) in [6, 6.07) is 12.8. The van der Waals surface area contributed by atoms with E-state index < -0.39 is 0 Å². The number of anilines is 1. The van der Waals surface area contributed by atoms with Gasteiger partial charge in [0.05, 0.1) is 33.4 Å². The molecule has 31 heavy (non-hydrogen) atoms. The van der Waals surface area contributed by atoms with Crippen LogP contribution >= 0.6 is 0 Å². The molecule has 2 aliphatic rings. The Kier molecular flexibility index (Phi) is 5.67. The summed E-state index contributed by atoms with van der Waals surface area (Å²) in [6.45, 7) is 6.61. The van der Waals surface area contributed by atoms with Crippen molar-refractivity contribution in [1.29, 1.82) is 0 Å². The van der Waals surface area contributed by atoms with Crippen molar-refractivity contribution in [1.82, 2.24) is 4.98 Å². The number of aromatic nitrogens is 1. The normalized spacial score (nSPS) is 18.4. The van der Waals surface area contributed by atoms with Crippen molar-refractivity contribution in [3.63, 3.8) is 0 Å². The average molecular weight is 414 g/mol. The summed E-state index contributed by atoms with van der Waals surface area (Å²) in [7, 11) is 6.74. The van der Waals surface area contributed by atoms with Crippen molar-refractivity contribution in [3.05, 3.63) is 84.2 Å². The molecule has 4 rings (SSSR count). The van der Waals surface area contributed by atoms with E-state index in [2.05, 4.69) is 106 Å². The largest absolute Gasteiger partial charge is 0.347 e. The number of allylic oxidation sites excluding steroid dienone is 5. The Morgan fingerprint density at radius 2 is 1.87 bits per heavy atom. The zero-order valence-corrected chi connectivity index (χ0v) is 19.3. The standard InChI is InChI=1S/C27H33N4/c1-27(2)23-13-9-17-28-26(23)29-25(27)15-8-11-21-16-19-30(18-10-20-31(3,4)5)24-14-7-6-12-22(21)24/h6-9,11-17,19H,10,18,20H2,1-5H3/q+1. The van der Waals surface area contributed by atoms with Gasteiger partial charge >= 0.3 is 0 Å². The van der Waals surface area contributed by atoms with Crippen LogP contribution < -0.4 is 4.90 Å². The van der Waals surface area contributed by atoms with Crippen molar-refractivity contribution < 1.29 is 4.48 Å². The Balaban J connectivity index is 1.53. The van der Waals surface area contributed by atoms with Crippen LogP contribution in [0.15, 0.2) is 78.1 Å². The topological polar surface area (TPSA) is 28.5 Å². The lowest BCUT2D eigenvalue weighted by atomic mass is 9.82. The maximum absolute atomic E-state index is 4.76.